The maximum atomic E-state index is 13.4. The highest BCUT2D eigenvalue weighted by atomic mass is 32.2. The van der Waals surface area contributed by atoms with Gasteiger partial charge in [0.15, 0.2) is 0 Å². The lowest BCUT2D eigenvalue weighted by Gasteiger charge is -2.38. The number of hydrogen-bond acceptors (Lipinski definition) is 5. The van der Waals surface area contributed by atoms with E-state index in [1.807, 2.05) is 6.92 Å². The van der Waals surface area contributed by atoms with Crippen LogP contribution in [0.25, 0.3) is 0 Å². The van der Waals surface area contributed by atoms with Crippen molar-refractivity contribution in [1.29, 1.82) is 0 Å². The first-order valence-corrected chi connectivity index (χ1v) is 13.2. The summed E-state index contributed by atoms with van der Waals surface area (Å²) in [4.78, 5) is 14.0. The highest BCUT2D eigenvalue weighted by molar-refractivity contribution is 7.91. The number of nitrogens with one attached hydrogen (secondary N) is 1. The van der Waals surface area contributed by atoms with Gasteiger partial charge in [-0.1, -0.05) is 12.1 Å². The van der Waals surface area contributed by atoms with Crippen LogP contribution >= 0.6 is 11.3 Å². The molecule has 0 bridgehead atoms. The predicted octanol–water partition coefficient (Wildman–Crippen LogP) is 3.46. The molecule has 1 N–H and O–H groups in total. The van der Waals surface area contributed by atoms with Crippen molar-refractivity contribution in [2.45, 2.75) is 42.2 Å². The first-order chi connectivity index (χ1) is 15.3. The van der Waals surface area contributed by atoms with E-state index >= 15 is 0 Å². The van der Waals surface area contributed by atoms with Gasteiger partial charge < -0.3 is 10.1 Å². The number of carbonyl (C=O) groups is 1. The van der Waals surface area contributed by atoms with Crippen LogP contribution < -0.4 is 5.32 Å². The van der Waals surface area contributed by atoms with E-state index in [0.717, 1.165) is 23.3 Å². The van der Waals surface area contributed by atoms with Gasteiger partial charge in [0, 0.05) is 43.1 Å². The fourth-order valence-electron chi connectivity index (χ4n) is 4.59. The van der Waals surface area contributed by atoms with Gasteiger partial charge in [-0.25, -0.2) is 12.8 Å². The van der Waals surface area contributed by atoms with Crippen LogP contribution in [0.15, 0.2) is 40.6 Å². The summed E-state index contributed by atoms with van der Waals surface area (Å²) in [5, 5.41) is 3.08. The largest absolute Gasteiger partial charge is 0.381 e. The van der Waals surface area contributed by atoms with Crippen molar-refractivity contribution in [3.8, 4) is 0 Å². The lowest BCUT2D eigenvalue weighted by molar-refractivity contribution is -0.126. The monoisotopic (exact) mass is 480 g/mol. The van der Waals surface area contributed by atoms with E-state index in [-0.39, 0.29) is 29.6 Å². The van der Waals surface area contributed by atoms with Crippen molar-refractivity contribution in [3.05, 3.63) is 52.7 Å². The number of aryl methyl sites for hydroxylation is 1. The molecule has 4 rings (SSSR count). The normalized spacial score (nSPS) is 21.9. The molecule has 9 heteroatoms. The van der Waals surface area contributed by atoms with Gasteiger partial charge in [-0.3, -0.25) is 4.79 Å². The molecule has 1 aromatic heterocycles. The van der Waals surface area contributed by atoms with Crippen LogP contribution in [0, 0.1) is 18.7 Å². The van der Waals surface area contributed by atoms with Gasteiger partial charge in [0.1, 0.15) is 10.0 Å². The number of piperidine rings is 1. The summed E-state index contributed by atoms with van der Waals surface area (Å²) in [6.45, 7) is 4.10. The van der Waals surface area contributed by atoms with Crippen LogP contribution in [0.5, 0.6) is 0 Å². The quantitative estimate of drug-likeness (QED) is 0.687. The van der Waals surface area contributed by atoms with Gasteiger partial charge in [-0.05, 0) is 62.4 Å². The number of benzene rings is 1. The number of sulfonamides is 1. The summed E-state index contributed by atoms with van der Waals surface area (Å²) in [5.74, 6) is -0.797. The molecule has 0 aliphatic carbocycles. The van der Waals surface area contributed by atoms with Gasteiger partial charge in [0.25, 0.3) is 10.0 Å². The van der Waals surface area contributed by atoms with Crippen LogP contribution in [0.1, 0.15) is 36.1 Å². The summed E-state index contributed by atoms with van der Waals surface area (Å²) in [6.07, 6.45) is 2.79. The van der Waals surface area contributed by atoms with Crippen molar-refractivity contribution in [3.63, 3.8) is 0 Å². The second-order valence-corrected chi connectivity index (χ2v) is 12.1. The van der Waals surface area contributed by atoms with Crippen LogP contribution in [0.2, 0.25) is 0 Å². The fraction of sp³-hybridized carbons (Fsp3) is 0.522. The molecule has 1 atom stereocenters. The highest BCUT2D eigenvalue weighted by Gasteiger charge is 2.37. The molecule has 174 valence electrons. The number of hydrogen-bond donors (Lipinski definition) is 1. The minimum atomic E-state index is -3.58. The number of ether oxygens (including phenoxy) is 1. The lowest BCUT2D eigenvalue weighted by atomic mass is 9.74. The topological polar surface area (TPSA) is 75.7 Å². The molecule has 0 spiro atoms. The average Bonchev–Trinajstić information content (AvgIpc) is 3.26. The Morgan fingerprint density at radius 1 is 1.22 bits per heavy atom. The number of thiophene rings is 1. The van der Waals surface area contributed by atoms with E-state index < -0.39 is 10.0 Å². The third kappa shape index (κ3) is 4.90. The molecular weight excluding hydrogens is 451 g/mol. The van der Waals surface area contributed by atoms with Crippen molar-refractivity contribution < 1.29 is 22.3 Å². The summed E-state index contributed by atoms with van der Waals surface area (Å²) < 4.78 is 46.7. The minimum absolute atomic E-state index is 0.125. The van der Waals surface area contributed by atoms with E-state index in [2.05, 4.69) is 5.32 Å². The third-order valence-electron chi connectivity index (χ3n) is 6.57. The van der Waals surface area contributed by atoms with Crippen LogP contribution in [0.3, 0.4) is 0 Å². The summed E-state index contributed by atoms with van der Waals surface area (Å²) in [6, 6.07) is 9.90. The average molecular weight is 481 g/mol. The third-order valence-corrected chi connectivity index (χ3v) is 9.91. The lowest BCUT2D eigenvalue weighted by Crippen LogP contribution is -2.49. The molecule has 1 unspecified atom stereocenters. The van der Waals surface area contributed by atoms with E-state index in [0.29, 0.717) is 43.4 Å². The number of rotatable bonds is 6. The number of nitrogens with zero attached hydrogens (tertiary/aromatic N) is 1. The molecule has 3 heterocycles. The maximum Gasteiger partial charge on any atom is 0.252 e. The molecule has 32 heavy (non-hydrogen) atoms. The zero-order chi connectivity index (χ0) is 22.8. The highest BCUT2D eigenvalue weighted by Crippen LogP contribution is 2.35. The Balaban J connectivity index is 1.44. The Hall–Kier alpha value is -1.81. The second kappa shape index (κ2) is 9.59. The molecule has 2 aliphatic rings. The molecule has 2 saturated heterocycles. The van der Waals surface area contributed by atoms with Gasteiger partial charge >= 0.3 is 0 Å². The van der Waals surface area contributed by atoms with Gasteiger partial charge in [-0.2, -0.15) is 4.31 Å². The summed E-state index contributed by atoms with van der Waals surface area (Å²) >= 11 is 1.26. The first kappa shape index (κ1) is 23.4. The fourth-order valence-corrected chi connectivity index (χ4v) is 7.55. The van der Waals surface area contributed by atoms with E-state index in [9.17, 15) is 17.6 Å². The molecule has 1 amide bonds. The molecule has 0 saturated carbocycles. The Morgan fingerprint density at radius 3 is 2.59 bits per heavy atom. The Labute approximate surface area is 192 Å². The first-order valence-electron chi connectivity index (χ1n) is 11.0. The van der Waals surface area contributed by atoms with Crippen molar-refractivity contribution in [2.75, 3.05) is 32.8 Å². The van der Waals surface area contributed by atoms with Gasteiger partial charge in [0.2, 0.25) is 5.91 Å². The van der Waals surface area contributed by atoms with Crippen molar-refractivity contribution in [1.82, 2.24) is 9.62 Å². The predicted molar refractivity (Wildman–Crippen MR) is 122 cm³/mol. The molecule has 6 nitrogen and oxygen atoms in total. The van der Waals surface area contributed by atoms with Crippen LogP contribution in [0.4, 0.5) is 4.39 Å². The standard InChI is InChI=1S/C23H29FN2O4S2/c1-17-4-9-21(31-17)32(28,29)26-12-2-3-18(15-26)22(27)25-16-23(10-13-30-14-11-23)19-5-7-20(24)8-6-19/h4-9,18H,2-3,10-16H2,1H3,(H,25,27). The van der Waals surface area contributed by atoms with Gasteiger partial charge in [0.05, 0.1) is 5.92 Å². The van der Waals surface area contributed by atoms with E-state index in [1.54, 1.807) is 24.3 Å². The van der Waals surface area contributed by atoms with Gasteiger partial charge in [-0.15, -0.1) is 11.3 Å². The second-order valence-electron chi connectivity index (χ2n) is 8.68. The Bertz CT molecular complexity index is 1050. The maximum absolute atomic E-state index is 13.4. The molecule has 2 fully saturated rings. The van der Waals surface area contributed by atoms with E-state index in [4.69, 9.17) is 4.74 Å². The SMILES string of the molecule is Cc1ccc(S(=O)(=O)N2CCCC(C(=O)NCC3(c4ccc(F)cc4)CCOCC3)C2)s1. The Kier molecular flexibility index (Phi) is 7.00. The molecule has 1 aromatic carbocycles. The van der Waals surface area contributed by atoms with Crippen molar-refractivity contribution in [2.24, 2.45) is 5.92 Å². The smallest absolute Gasteiger partial charge is 0.252 e. The van der Waals surface area contributed by atoms with Crippen molar-refractivity contribution >= 4 is 27.3 Å². The zero-order valence-electron chi connectivity index (χ0n) is 18.2. The molecule has 2 aliphatic heterocycles. The van der Waals surface area contributed by atoms with Crippen LogP contribution in [-0.4, -0.2) is 51.5 Å². The molecule has 0 radical (unpaired) electrons. The molecule has 2 aromatic rings. The number of halogens is 1. The summed E-state index contributed by atoms with van der Waals surface area (Å²) in [7, 11) is -3.58. The number of carbonyl (C=O) groups excluding carboxylic acids is 1. The number of amides is 1. The minimum Gasteiger partial charge on any atom is -0.381 e. The summed E-state index contributed by atoms with van der Waals surface area (Å²) in [5.41, 5.74) is 0.680. The molecular formula is C23H29FN2O4S2. The zero-order valence-corrected chi connectivity index (χ0v) is 19.8. The van der Waals surface area contributed by atoms with Crippen LogP contribution in [-0.2, 0) is 25.0 Å². The Morgan fingerprint density at radius 2 is 1.94 bits per heavy atom. The van der Waals surface area contributed by atoms with E-state index in [1.165, 1.54) is 27.8 Å².